The Labute approximate surface area is 154 Å². The molecule has 1 unspecified atom stereocenters. The molecule has 2 aliphatic rings. The Hall–Kier alpha value is -2.08. The monoisotopic (exact) mass is 360 g/mol. The number of aliphatic hydroxyl groups is 1. The highest BCUT2D eigenvalue weighted by Gasteiger charge is 2.44. The van der Waals surface area contributed by atoms with Crippen LogP contribution in [0.2, 0.25) is 0 Å². The third-order valence-electron chi connectivity index (χ3n) is 5.39. The van der Waals surface area contributed by atoms with Gasteiger partial charge in [-0.2, -0.15) is 0 Å². The highest BCUT2D eigenvalue weighted by Crippen LogP contribution is 2.30. The number of carbonyl (C=O) groups excluding carboxylic acids is 2. The fourth-order valence-electron chi connectivity index (χ4n) is 3.82. The van der Waals surface area contributed by atoms with E-state index in [-0.39, 0.29) is 18.6 Å². The maximum atomic E-state index is 12.9. The van der Waals surface area contributed by atoms with E-state index in [1.807, 2.05) is 30.3 Å². The molecule has 2 N–H and O–H groups in total. The molecule has 0 aromatic heterocycles. The molecule has 1 saturated heterocycles. The van der Waals surface area contributed by atoms with Gasteiger partial charge in [-0.3, -0.25) is 4.90 Å². The lowest BCUT2D eigenvalue weighted by atomic mass is 9.81. The number of ether oxygens (including phenoxy) is 1. The first kappa shape index (κ1) is 18.7. The van der Waals surface area contributed by atoms with Crippen LogP contribution in [0.3, 0.4) is 0 Å². The van der Waals surface area contributed by atoms with Crippen LogP contribution in [0.25, 0.3) is 0 Å². The number of carbonyl (C=O) groups is 2. The molecule has 1 heterocycles. The molecule has 2 fully saturated rings. The minimum atomic E-state index is -0.985. The molecule has 1 aromatic rings. The summed E-state index contributed by atoms with van der Waals surface area (Å²) in [5.41, 5.74) is -0.0639. The number of nitrogens with zero attached hydrogens (tertiary/aromatic N) is 1. The second-order valence-corrected chi connectivity index (χ2v) is 7.30. The largest absolute Gasteiger partial charge is 0.459 e. The number of hydrogen-bond donors (Lipinski definition) is 2. The molecule has 0 spiro atoms. The van der Waals surface area contributed by atoms with Crippen LogP contribution in [-0.4, -0.2) is 40.3 Å². The topological polar surface area (TPSA) is 78.9 Å². The molecular weight excluding hydrogens is 332 g/mol. The van der Waals surface area contributed by atoms with Crippen LogP contribution in [0.1, 0.15) is 56.9 Å². The first-order valence-electron chi connectivity index (χ1n) is 9.59. The lowest BCUT2D eigenvalue weighted by Gasteiger charge is -2.39. The summed E-state index contributed by atoms with van der Waals surface area (Å²) in [7, 11) is 0. The van der Waals surface area contributed by atoms with Gasteiger partial charge in [0.25, 0.3) is 0 Å². The Morgan fingerprint density at radius 1 is 1.12 bits per heavy atom. The van der Waals surface area contributed by atoms with Crippen molar-refractivity contribution in [2.75, 3.05) is 6.54 Å². The summed E-state index contributed by atoms with van der Waals surface area (Å²) in [6.45, 7) is 0.714. The molecule has 1 saturated carbocycles. The zero-order valence-corrected chi connectivity index (χ0v) is 15.2. The van der Waals surface area contributed by atoms with E-state index in [9.17, 15) is 14.7 Å². The summed E-state index contributed by atoms with van der Waals surface area (Å²) in [5, 5.41) is 13.0. The number of esters is 1. The first-order chi connectivity index (χ1) is 12.6. The number of benzene rings is 1. The molecule has 0 radical (unpaired) electrons. The number of nitrogens with one attached hydrogen (secondary N) is 1. The number of likely N-dealkylation sites (tertiary alicyclic amines) is 1. The van der Waals surface area contributed by atoms with E-state index in [4.69, 9.17) is 4.74 Å². The summed E-state index contributed by atoms with van der Waals surface area (Å²) < 4.78 is 5.55. The fourth-order valence-corrected chi connectivity index (χ4v) is 3.82. The van der Waals surface area contributed by atoms with Crippen molar-refractivity contribution in [1.29, 1.82) is 0 Å². The number of amides is 2. The lowest BCUT2D eigenvalue weighted by molar-refractivity contribution is -0.154. The van der Waals surface area contributed by atoms with Crippen LogP contribution in [0, 0.1) is 0 Å². The van der Waals surface area contributed by atoms with Crippen molar-refractivity contribution in [2.24, 2.45) is 0 Å². The van der Waals surface area contributed by atoms with Crippen LogP contribution in [0.4, 0.5) is 4.79 Å². The number of piperidine rings is 1. The number of urea groups is 1. The molecule has 1 aliphatic heterocycles. The second kappa shape index (κ2) is 8.54. The van der Waals surface area contributed by atoms with Gasteiger partial charge in [0.2, 0.25) is 0 Å². The molecule has 2 amide bonds. The number of aliphatic hydroxyl groups excluding tert-OH is 1. The van der Waals surface area contributed by atoms with E-state index in [0.29, 0.717) is 25.8 Å². The van der Waals surface area contributed by atoms with E-state index in [1.165, 1.54) is 4.90 Å². The standard InChI is InChI=1S/C20H28N2O4/c23-17-11-5-8-14-22(17)19(25)21-20(12-6-2-7-13-20)18(24)26-15-16-9-3-1-4-10-16/h1,3-4,9-10,17,23H,2,5-8,11-15H2,(H,21,25). The predicted octanol–water partition coefficient (Wildman–Crippen LogP) is 2.95. The van der Waals surface area contributed by atoms with Gasteiger partial charge in [0.15, 0.2) is 0 Å². The van der Waals surface area contributed by atoms with Crippen molar-refractivity contribution >= 4 is 12.0 Å². The minimum absolute atomic E-state index is 0.198. The second-order valence-electron chi connectivity index (χ2n) is 7.30. The third kappa shape index (κ3) is 4.36. The summed E-state index contributed by atoms with van der Waals surface area (Å²) >= 11 is 0. The molecule has 3 rings (SSSR count). The van der Waals surface area contributed by atoms with Crippen molar-refractivity contribution < 1.29 is 19.4 Å². The van der Waals surface area contributed by atoms with Gasteiger partial charge >= 0.3 is 12.0 Å². The lowest BCUT2D eigenvalue weighted by Crippen LogP contribution is -2.61. The van der Waals surface area contributed by atoms with Gasteiger partial charge < -0.3 is 15.2 Å². The molecule has 6 nitrogen and oxygen atoms in total. The summed E-state index contributed by atoms with van der Waals surface area (Å²) in [5.74, 6) is -0.374. The van der Waals surface area contributed by atoms with Gasteiger partial charge in [0.05, 0.1) is 0 Å². The maximum absolute atomic E-state index is 12.9. The minimum Gasteiger partial charge on any atom is -0.459 e. The van der Waals surface area contributed by atoms with Crippen molar-refractivity contribution in [3.05, 3.63) is 35.9 Å². The summed E-state index contributed by atoms with van der Waals surface area (Å²) in [6.07, 6.45) is 5.56. The average molecular weight is 360 g/mol. The molecule has 6 heteroatoms. The zero-order chi connectivity index (χ0) is 18.4. The van der Waals surface area contributed by atoms with Gasteiger partial charge in [0, 0.05) is 6.54 Å². The van der Waals surface area contributed by atoms with E-state index in [2.05, 4.69) is 5.32 Å². The SMILES string of the molecule is O=C(NC1(C(=O)OCc2ccccc2)CCCCC1)N1CCCCC1O. The Bertz CT molecular complexity index is 613. The Morgan fingerprint density at radius 2 is 1.85 bits per heavy atom. The van der Waals surface area contributed by atoms with Gasteiger partial charge in [-0.1, -0.05) is 49.6 Å². The molecule has 1 aliphatic carbocycles. The Morgan fingerprint density at radius 3 is 2.54 bits per heavy atom. The Kier molecular flexibility index (Phi) is 6.14. The van der Waals surface area contributed by atoms with Gasteiger partial charge in [0.1, 0.15) is 18.4 Å². The average Bonchev–Trinajstić information content (AvgIpc) is 2.68. The molecule has 0 bridgehead atoms. The van der Waals surface area contributed by atoms with E-state index in [1.54, 1.807) is 0 Å². The van der Waals surface area contributed by atoms with Crippen LogP contribution < -0.4 is 5.32 Å². The van der Waals surface area contributed by atoms with E-state index >= 15 is 0 Å². The number of hydrogen-bond acceptors (Lipinski definition) is 4. The molecule has 142 valence electrons. The van der Waals surface area contributed by atoms with Crippen LogP contribution >= 0.6 is 0 Å². The normalized spacial score (nSPS) is 22.5. The number of rotatable bonds is 4. The van der Waals surface area contributed by atoms with Crippen LogP contribution in [0.5, 0.6) is 0 Å². The van der Waals surface area contributed by atoms with Crippen LogP contribution in [-0.2, 0) is 16.1 Å². The third-order valence-corrected chi connectivity index (χ3v) is 5.39. The fraction of sp³-hybridized carbons (Fsp3) is 0.600. The van der Waals surface area contributed by atoms with Crippen molar-refractivity contribution in [3.63, 3.8) is 0 Å². The maximum Gasteiger partial charge on any atom is 0.332 e. The van der Waals surface area contributed by atoms with Crippen molar-refractivity contribution in [1.82, 2.24) is 10.2 Å². The molecule has 1 atom stereocenters. The predicted molar refractivity (Wildman–Crippen MR) is 97.1 cm³/mol. The zero-order valence-electron chi connectivity index (χ0n) is 15.2. The summed E-state index contributed by atoms with van der Waals surface area (Å²) in [6, 6.07) is 9.17. The van der Waals surface area contributed by atoms with Crippen LogP contribution in [0.15, 0.2) is 30.3 Å². The Balaban J connectivity index is 1.67. The van der Waals surface area contributed by atoms with Gasteiger partial charge in [-0.05, 0) is 37.7 Å². The molecule has 26 heavy (non-hydrogen) atoms. The summed E-state index contributed by atoms with van der Waals surface area (Å²) in [4.78, 5) is 27.0. The van der Waals surface area contributed by atoms with E-state index < -0.39 is 11.8 Å². The van der Waals surface area contributed by atoms with Gasteiger partial charge in [-0.15, -0.1) is 0 Å². The highest BCUT2D eigenvalue weighted by atomic mass is 16.5. The van der Waals surface area contributed by atoms with E-state index in [0.717, 1.165) is 37.7 Å². The smallest absolute Gasteiger partial charge is 0.332 e. The molecular formula is C20H28N2O4. The van der Waals surface area contributed by atoms with Gasteiger partial charge in [-0.25, -0.2) is 9.59 Å². The van der Waals surface area contributed by atoms with Crippen molar-refractivity contribution in [3.8, 4) is 0 Å². The molecule has 1 aromatic carbocycles. The first-order valence-corrected chi connectivity index (χ1v) is 9.59. The quantitative estimate of drug-likeness (QED) is 0.809. The van der Waals surface area contributed by atoms with Crippen molar-refractivity contribution in [2.45, 2.75) is 69.7 Å². The highest BCUT2D eigenvalue weighted by molar-refractivity contribution is 5.87.